The number of carbonyl (C=O) groups excluding carboxylic acids is 2. The van der Waals surface area contributed by atoms with Crippen molar-refractivity contribution in [3.63, 3.8) is 0 Å². The zero-order valence-corrected chi connectivity index (χ0v) is 16.0. The fourth-order valence-corrected chi connectivity index (χ4v) is 8.07. The molecule has 4 unspecified atom stereocenters. The molecule has 4 aliphatic rings. The number of hydrogen-bond donors (Lipinski definition) is 0. The molecule has 0 bridgehead atoms. The Kier molecular flexibility index (Phi) is 3.62. The third-order valence-corrected chi connectivity index (χ3v) is 9.66. The van der Waals surface area contributed by atoms with E-state index in [-0.39, 0.29) is 10.8 Å². The van der Waals surface area contributed by atoms with Gasteiger partial charge in [0.15, 0.2) is 0 Å². The van der Waals surface area contributed by atoms with Crippen LogP contribution in [-0.4, -0.2) is 11.6 Å². The minimum atomic E-state index is 0.218. The number of carbonyl (C=O) groups is 2. The van der Waals surface area contributed by atoms with Gasteiger partial charge in [0.1, 0.15) is 11.6 Å². The van der Waals surface area contributed by atoms with Crippen LogP contribution in [0.1, 0.15) is 85.5 Å². The van der Waals surface area contributed by atoms with Crippen LogP contribution in [0.4, 0.5) is 0 Å². The molecule has 0 spiro atoms. The predicted octanol–water partition coefficient (Wildman–Crippen LogP) is 5.19. The highest BCUT2D eigenvalue weighted by atomic mass is 16.1. The molecule has 0 radical (unpaired) electrons. The molecule has 0 aromatic carbocycles. The fraction of sp³-hybridized carbons (Fsp3) is 0.909. The first-order valence-electron chi connectivity index (χ1n) is 10.2. The second kappa shape index (κ2) is 5.17. The lowest BCUT2D eigenvalue weighted by Crippen LogP contribution is -2.57. The highest BCUT2D eigenvalue weighted by Gasteiger charge is 2.63. The minimum absolute atomic E-state index is 0.218. The van der Waals surface area contributed by atoms with Crippen LogP contribution < -0.4 is 0 Å². The van der Waals surface area contributed by atoms with Crippen LogP contribution in [0.3, 0.4) is 0 Å². The zero-order valence-electron chi connectivity index (χ0n) is 16.0. The topological polar surface area (TPSA) is 34.1 Å². The van der Waals surface area contributed by atoms with Crippen LogP contribution in [0.5, 0.6) is 0 Å². The SMILES string of the molecule is CC(=O)[C@@H]1CCC2C3CCC4(C)CC(=O)CC[C@@]4(C)C3CC[C@]21C. The molecule has 4 rings (SSSR count). The third kappa shape index (κ3) is 2.01. The number of Topliss-reactive ketones (excluding diaryl/α,β-unsaturated/α-hetero) is 2. The van der Waals surface area contributed by atoms with Crippen molar-refractivity contribution >= 4 is 11.6 Å². The van der Waals surface area contributed by atoms with E-state index in [0.717, 1.165) is 43.4 Å². The van der Waals surface area contributed by atoms with Crippen molar-refractivity contribution in [2.75, 3.05) is 0 Å². The summed E-state index contributed by atoms with van der Waals surface area (Å²) in [6, 6.07) is 0. The van der Waals surface area contributed by atoms with E-state index in [2.05, 4.69) is 20.8 Å². The molecule has 0 aromatic heterocycles. The van der Waals surface area contributed by atoms with Gasteiger partial charge in [0, 0.05) is 18.8 Å². The number of fused-ring (bicyclic) bond motifs is 5. The second-order valence-corrected chi connectivity index (χ2v) is 10.4. The maximum Gasteiger partial charge on any atom is 0.133 e. The first kappa shape index (κ1) is 16.8. The average Bonchev–Trinajstić information content (AvgIpc) is 2.86. The van der Waals surface area contributed by atoms with E-state index < -0.39 is 0 Å². The van der Waals surface area contributed by atoms with Gasteiger partial charge in [-0.1, -0.05) is 20.8 Å². The van der Waals surface area contributed by atoms with Crippen LogP contribution in [0.2, 0.25) is 0 Å². The van der Waals surface area contributed by atoms with Crippen molar-refractivity contribution in [3.8, 4) is 0 Å². The Morgan fingerprint density at radius 1 is 0.958 bits per heavy atom. The van der Waals surface area contributed by atoms with Gasteiger partial charge in [0.25, 0.3) is 0 Å². The number of ketones is 2. The summed E-state index contributed by atoms with van der Waals surface area (Å²) in [4.78, 5) is 24.3. The summed E-state index contributed by atoms with van der Waals surface area (Å²) in [6.07, 6.45) is 10.1. The smallest absolute Gasteiger partial charge is 0.133 e. The molecule has 0 aromatic rings. The first-order valence-corrected chi connectivity index (χ1v) is 10.2. The van der Waals surface area contributed by atoms with Gasteiger partial charge in [-0.15, -0.1) is 0 Å². The Hall–Kier alpha value is -0.660. The standard InChI is InChI=1S/C22H34O2/c1-14(23)17-5-6-18-16-8-10-20(2)13-15(24)7-12-22(20,4)19(16)9-11-21(17,18)3/h16-19H,5-13H2,1-4H3/t16?,17-,18?,19?,20?,21-,22-/m0/s1. The van der Waals surface area contributed by atoms with Crippen LogP contribution in [-0.2, 0) is 9.59 Å². The Morgan fingerprint density at radius 2 is 1.71 bits per heavy atom. The zero-order chi connectivity index (χ0) is 17.3. The lowest BCUT2D eigenvalue weighted by molar-refractivity contribution is -0.164. The van der Waals surface area contributed by atoms with Crippen LogP contribution >= 0.6 is 0 Å². The van der Waals surface area contributed by atoms with E-state index in [1.54, 1.807) is 0 Å². The second-order valence-electron chi connectivity index (χ2n) is 10.4. The van der Waals surface area contributed by atoms with Crippen molar-refractivity contribution in [1.82, 2.24) is 0 Å². The van der Waals surface area contributed by atoms with Gasteiger partial charge in [0.2, 0.25) is 0 Å². The summed E-state index contributed by atoms with van der Waals surface area (Å²) in [5.74, 6) is 3.52. The summed E-state index contributed by atoms with van der Waals surface area (Å²) < 4.78 is 0. The molecule has 2 heteroatoms. The average molecular weight is 331 g/mol. The Morgan fingerprint density at radius 3 is 2.42 bits per heavy atom. The van der Waals surface area contributed by atoms with E-state index in [1.807, 2.05) is 6.92 Å². The first-order chi connectivity index (χ1) is 11.2. The van der Waals surface area contributed by atoms with Gasteiger partial charge < -0.3 is 0 Å². The molecule has 24 heavy (non-hydrogen) atoms. The van der Waals surface area contributed by atoms with E-state index in [9.17, 15) is 9.59 Å². The molecule has 2 nitrogen and oxygen atoms in total. The van der Waals surface area contributed by atoms with Gasteiger partial charge >= 0.3 is 0 Å². The maximum absolute atomic E-state index is 12.2. The van der Waals surface area contributed by atoms with E-state index >= 15 is 0 Å². The van der Waals surface area contributed by atoms with Crippen molar-refractivity contribution in [2.24, 2.45) is 39.9 Å². The van der Waals surface area contributed by atoms with Crippen molar-refractivity contribution < 1.29 is 9.59 Å². The number of rotatable bonds is 1. The molecule has 0 saturated heterocycles. The van der Waals surface area contributed by atoms with E-state index in [0.29, 0.717) is 22.9 Å². The molecule has 7 atom stereocenters. The van der Waals surface area contributed by atoms with Gasteiger partial charge in [-0.3, -0.25) is 9.59 Å². The molecule has 0 aliphatic heterocycles. The Labute approximate surface area is 147 Å². The van der Waals surface area contributed by atoms with Crippen molar-refractivity contribution in [3.05, 3.63) is 0 Å². The highest BCUT2D eigenvalue weighted by molar-refractivity contribution is 5.80. The summed E-state index contributed by atoms with van der Waals surface area (Å²) in [5, 5.41) is 0. The molecular weight excluding hydrogens is 296 g/mol. The highest BCUT2D eigenvalue weighted by Crippen LogP contribution is 2.70. The molecular formula is C22H34O2. The monoisotopic (exact) mass is 330 g/mol. The largest absolute Gasteiger partial charge is 0.300 e. The third-order valence-electron chi connectivity index (χ3n) is 9.66. The van der Waals surface area contributed by atoms with Gasteiger partial charge in [-0.05, 0) is 85.9 Å². The van der Waals surface area contributed by atoms with E-state index in [1.165, 1.54) is 32.1 Å². The molecule has 0 heterocycles. The van der Waals surface area contributed by atoms with Crippen molar-refractivity contribution in [1.29, 1.82) is 0 Å². The molecule has 4 aliphatic carbocycles. The molecule has 0 N–H and O–H groups in total. The van der Waals surface area contributed by atoms with E-state index in [4.69, 9.17) is 0 Å². The Balaban J connectivity index is 1.66. The van der Waals surface area contributed by atoms with Crippen molar-refractivity contribution in [2.45, 2.75) is 85.5 Å². The summed E-state index contributed by atoms with van der Waals surface area (Å²) in [7, 11) is 0. The molecule has 4 saturated carbocycles. The van der Waals surface area contributed by atoms with Crippen LogP contribution in [0.25, 0.3) is 0 Å². The quantitative estimate of drug-likeness (QED) is 0.662. The van der Waals surface area contributed by atoms with Gasteiger partial charge in [-0.25, -0.2) is 0 Å². The fourth-order valence-electron chi connectivity index (χ4n) is 8.07. The normalized spacial score (nSPS) is 53.9. The molecule has 0 amide bonds. The van der Waals surface area contributed by atoms with Crippen LogP contribution in [0, 0.1) is 39.9 Å². The summed E-state index contributed by atoms with van der Waals surface area (Å²) in [5.41, 5.74) is 0.802. The lowest BCUT2D eigenvalue weighted by atomic mass is 9.40. The minimum Gasteiger partial charge on any atom is -0.300 e. The Bertz CT molecular complexity index is 581. The van der Waals surface area contributed by atoms with Crippen LogP contribution in [0.15, 0.2) is 0 Å². The van der Waals surface area contributed by atoms with Gasteiger partial charge in [0.05, 0.1) is 0 Å². The lowest BCUT2D eigenvalue weighted by Gasteiger charge is -2.64. The summed E-state index contributed by atoms with van der Waals surface area (Å²) in [6.45, 7) is 9.15. The maximum atomic E-state index is 12.2. The molecule has 4 fully saturated rings. The predicted molar refractivity (Wildman–Crippen MR) is 95.5 cm³/mol. The number of hydrogen-bond acceptors (Lipinski definition) is 2. The summed E-state index contributed by atoms with van der Waals surface area (Å²) >= 11 is 0. The van der Waals surface area contributed by atoms with Gasteiger partial charge in [-0.2, -0.15) is 0 Å². The molecule has 134 valence electrons.